The van der Waals surface area contributed by atoms with E-state index in [0.29, 0.717) is 10.0 Å². The molecule has 0 aliphatic heterocycles. The molecule has 0 fully saturated rings. The minimum absolute atomic E-state index is 0.160. The number of nitrogen functional groups attached to an aromatic ring is 1. The van der Waals surface area contributed by atoms with Crippen molar-refractivity contribution in [3.8, 4) is 0 Å². The summed E-state index contributed by atoms with van der Waals surface area (Å²) in [5.74, 6) is -0.160. The molecule has 0 unspecified atom stereocenters. The van der Waals surface area contributed by atoms with E-state index in [9.17, 15) is 0 Å². The van der Waals surface area contributed by atoms with Gasteiger partial charge in [0.05, 0.1) is 10.0 Å². The lowest BCUT2D eigenvalue weighted by Gasteiger charge is -1.99. The molecule has 3 nitrogen and oxygen atoms in total. The molecule has 0 aromatic carbocycles. The zero-order valence-electron chi connectivity index (χ0n) is 5.44. The third-order valence-corrected chi connectivity index (χ3v) is 1.56. The van der Waals surface area contributed by atoms with E-state index in [4.69, 9.17) is 34.3 Å². The summed E-state index contributed by atoms with van der Waals surface area (Å²) in [6.45, 7) is 0. The first kappa shape index (κ1) is 8.30. The molecule has 0 saturated heterocycles. The minimum Gasteiger partial charge on any atom is -0.382 e. The first-order valence-electron chi connectivity index (χ1n) is 2.76. The first-order valence-corrected chi connectivity index (χ1v) is 3.52. The van der Waals surface area contributed by atoms with Crippen molar-refractivity contribution in [2.45, 2.75) is 0 Å². The van der Waals surface area contributed by atoms with Crippen molar-refractivity contribution in [2.24, 2.45) is 5.73 Å². The number of nitrogens with two attached hydrogens (primary N) is 1. The van der Waals surface area contributed by atoms with Gasteiger partial charge in [-0.1, -0.05) is 23.2 Å². The molecule has 0 radical (unpaired) electrons. The highest BCUT2D eigenvalue weighted by Crippen LogP contribution is 2.17. The number of amidine groups is 1. The second-order valence-corrected chi connectivity index (χ2v) is 2.74. The number of nitrogens with zero attached hydrogens (tertiary/aromatic N) is 1. The summed E-state index contributed by atoms with van der Waals surface area (Å²) in [5.41, 5.74) is 5.42. The van der Waals surface area contributed by atoms with Gasteiger partial charge in [-0.25, -0.2) is 4.98 Å². The van der Waals surface area contributed by atoms with E-state index in [0.717, 1.165) is 0 Å². The molecule has 11 heavy (non-hydrogen) atoms. The normalized spacial score (nSPS) is 9.64. The Morgan fingerprint density at radius 1 is 1.55 bits per heavy atom. The van der Waals surface area contributed by atoms with Crippen LogP contribution in [0.5, 0.6) is 0 Å². The molecule has 0 amide bonds. The summed E-state index contributed by atoms with van der Waals surface area (Å²) in [7, 11) is 0. The van der Waals surface area contributed by atoms with Crippen LogP contribution in [-0.2, 0) is 0 Å². The van der Waals surface area contributed by atoms with Gasteiger partial charge in [-0.15, -0.1) is 0 Å². The molecule has 3 N–H and O–H groups in total. The van der Waals surface area contributed by atoms with Crippen LogP contribution in [0.1, 0.15) is 5.69 Å². The molecule has 1 heterocycles. The maximum atomic E-state index is 7.03. The summed E-state index contributed by atoms with van der Waals surface area (Å²) in [6.07, 6.45) is 1.39. The molecule has 5 heteroatoms. The van der Waals surface area contributed by atoms with Crippen molar-refractivity contribution >= 4 is 29.0 Å². The zero-order valence-corrected chi connectivity index (χ0v) is 6.95. The van der Waals surface area contributed by atoms with Gasteiger partial charge in [0, 0.05) is 6.20 Å². The molecule has 0 aliphatic carbocycles. The Morgan fingerprint density at radius 3 is 2.64 bits per heavy atom. The monoisotopic (exact) mass is 189 g/mol. The van der Waals surface area contributed by atoms with Crippen LogP contribution in [0.15, 0.2) is 12.3 Å². The van der Waals surface area contributed by atoms with Crippen molar-refractivity contribution in [2.75, 3.05) is 0 Å². The third-order valence-electron chi connectivity index (χ3n) is 1.06. The van der Waals surface area contributed by atoms with Crippen LogP contribution in [0.2, 0.25) is 10.0 Å². The van der Waals surface area contributed by atoms with Crippen LogP contribution in [0.25, 0.3) is 0 Å². The van der Waals surface area contributed by atoms with E-state index in [-0.39, 0.29) is 11.5 Å². The van der Waals surface area contributed by atoms with E-state index >= 15 is 0 Å². The lowest BCUT2D eigenvalue weighted by Crippen LogP contribution is -2.13. The number of hydrogen-bond acceptors (Lipinski definition) is 2. The number of halogens is 2. The number of hydrogen-bond donors (Lipinski definition) is 2. The van der Waals surface area contributed by atoms with Crippen molar-refractivity contribution in [1.29, 1.82) is 5.41 Å². The molecule has 0 aliphatic rings. The Kier molecular flexibility index (Phi) is 2.31. The van der Waals surface area contributed by atoms with Crippen molar-refractivity contribution in [3.63, 3.8) is 0 Å². The van der Waals surface area contributed by atoms with Crippen LogP contribution < -0.4 is 5.73 Å². The highest BCUT2D eigenvalue weighted by Gasteiger charge is 2.04. The Bertz CT molecular complexity index is 298. The van der Waals surface area contributed by atoms with Crippen molar-refractivity contribution in [1.82, 2.24) is 4.98 Å². The highest BCUT2D eigenvalue weighted by molar-refractivity contribution is 6.36. The number of nitrogens with one attached hydrogen (secondary N) is 1. The fourth-order valence-electron chi connectivity index (χ4n) is 0.613. The van der Waals surface area contributed by atoms with Crippen molar-refractivity contribution in [3.05, 3.63) is 28.0 Å². The summed E-state index contributed by atoms with van der Waals surface area (Å²) in [6, 6.07) is 1.49. The van der Waals surface area contributed by atoms with Gasteiger partial charge in [0.25, 0.3) is 0 Å². The van der Waals surface area contributed by atoms with Crippen LogP contribution in [-0.4, -0.2) is 10.8 Å². The Hall–Kier alpha value is -0.800. The molecule has 1 aromatic heterocycles. The topological polar surface area (TPSA) is 62.8 Å². The Labute approximate surface area is 73.6 Å². The summed E-state index contributed by atoms with van der Waals surface area (Å²) in [5, 5.41) is 7.76. The van der Waals surface area contributed by atoms with Gasteiger partial charge in [0.2, 0.25) is 0 Å². The molecular formula is C6H5Cl2N3. The SMILES string of the molecule is N=C(N)c1ncc(Cl)cc1Cl. The molecule has 1 aromatic rings. The summed E-state index contributed by atoms with van der Waals surface area (Å²) >= 11 is 11.2. The largest absolute Gasteiger partial charge is 0.382 e. The van der Waals surface area contributed by atoms with Gasteiger partial charge >= 0.3 is 0 Å². The molecule has 1 rings (SSSR count). The van der Waals surface area contributed by atoms with E-state index in [1.54, 1.807) is 0 Å². The molecule has 58 valence electrons. The summed E-state index contributed by atoms with van der Waals surface area (Å²) < 4.78 is 0. The van der Waals surface area contributed by atoms with E-state index in [1.807, 2.05) is 0 Å². The highest BCUT2D eigenvalue weighted by atomic mass is 35.5. The van der Waals surface area contributed by atoms with Crippen LogP contribution >= 0.6 is 23.2 Å². The van der Waals surface area contributed by atoms with Crippen LogP contribution in [0, 0.1) is 5.41 Å². The Morgan fingerprint density at radius 2 is 2.18 bits per heavy atom. The lowest BCUT2D eigenvalue weighted by molar-refractivity contribution is 1.26. The molecular weight excluding hydrogens is 185 g/mol. The fourth-order valence-corrected chi connectivity index (χ4v) is 1.09. The summed E-state index contributed by atoms with van der Waals surface area (Å²) in [4.78, 5) is 3.76. The third kappa shape index (κ3) is 1.82. The van der Waals surface area contributed by atoms with Gasteiger partial charge < -0.3 is 5.73 Å². The average molecular weight is 190 g/mol. The molecule has 0 bridgehead atoms. The van der Waals surface area contributed by atoms with Gasteiger partial charge in [-0.2, -0.15) is 0 Å². The lowest BCUT2D eigenvalue weighted by atomic mass is 10.3. The quantitative estimate of drug-likeness (QED) is 0.522. The average Bonchev–Trinajstić information content (AvgIpc) is 1.85. The van der Waals surface area contributed by atoms with E-state index in [2.05, 4.69) is 4.98 Å². The van der Waals surface area contributed by atoms with E-state index in [1.165, 1.54) is 12.3 Å². The minimum atomic E-state index is -0.160. The second-order valence-electron chi connectivity index (χ2n) is 1.90. The Balaban J connectivity index is 3.20. The number of aromatic nitrogens is 1. The van der Waals surface area contributed by atoms with Crippen LogP contribution in [0.3, 0.4) is 0 Å². The number of pyridine rings is 1. The predicted octanol–water partition coefficient (Wildman–Crippen LogP) is 1.67. The van der Waals surface area contributed by atoms with Gasteiger partial charge in [0.15, 0.2) is 0 Å². The zero-order chi connectivity index (χ0) is 8.43. The predicted molar refractivity (Wildman–Crippen MR) is 45.3 cm³/mol. The van der Waals surface area contributed by atoms with Gasteiger partial charge in [-0.3, -0.25) is 5.41 Å². The van der Waals surface area contributed by atoms with Crippen LogP contribution in [0.4, 0.5) is 0 Å². The maximum absolute atomic E-state index is 7.03. The number of rotatable bonds is 1. The van der Waals surface area contributed by atoms with Gasteiger partial charge in [-0.05, 0) is 6.07 Å². The van der Waals surface area contributed by atoms with E-state index < -0.39 is 0 Å². The van der Waals surface area contributed by atoms with Gasteiger partial charge in [0.1, 0.15) is 11.5 Å². The maximum Gasteiger partial charge on any atom is 0.143 e. The smallest absolute Gasteiger partial charge is 0.143 e. The second kappa shape index (κ2) is 3.07. The molecule has 0 atom stereocenters. The standard InChI is InChI=1S/C6H5Cl2N3/c7-3-1-4(8)5(6(9)10)11-2-3/h1-2H,(H3,9,10). The molecule has 0 spiro atoms. The molecule has 0 saturated carbocycles. The van der Waals surface area contributed by atoms with Crippen molar-refractivity contribution < 1.29 is 0 Å². The fraction of sp³-hybridized carbons (Fsp3) is 0. The first-order chi connectivity index (χ1) is 5.11.